The molecule has 13 heavy (non-hydrogen) atoms. The van der Waals surface area contributed by atoms with Crippen LogP contribution in [0.4, 0.5) is 0 Å². The molecule has 66 valence electrons. The van der Waals surface area contributed by atoms with E-state index in [1.807, 2.05) is 38.1 Å². The molecule has 1 aromatic rings. The van der Waals surface area contributed by atoms with Gasteiger partial charge in [-0.1, -0.05) is 24.4 Å². The van der Waals surface area contributed by atoms with Crippen LogP contribution in [-0.2, 0) is 0 Å². The van der Waals surface area contributed by atoms with Crippen LogP contribution in [-0.4, -0.2) is 4.86 Å². The first-order valence-corrected chi connectivity index (χ1v) is 4.60. The third-order valence-electron chi connectivity index (χ3n) is 2.00. The molecule has 0 spiro atoms. The Morgan fingerprint density at radius 2 is 1.92 bits per heavy atom. The third kappa shape index (κ3) is 1.27. The Labute approximate surface area is 83.0 Å². The molecule has 0 bridgehead atoms. The van der Waals surface area contributed by atoms with Crippen molar-refractivity contribution >= 4 is 17.1 Å². The Morgan fingerprint density at radius 1 is 1.23 bits per heavy atom. The highest BCUT2D eigenvalue weighted by Crippen LogP contribution is 2.32. The molecule has 2 heteroatoms. The summed E-state index contributed by atoms with van der Waals surface area (Å²) < 4.78 is 5.62. The Kier molecular flexibility index (Phi) is 1.93. The van der Waals surface area contributed by atoms with E-state index in [-0.39, 0.29) is 0 Å². The van der Waals surface area contributed by atoms with Gasteiger partial charge in [0.2, 0.25) is 0 Å². The first kappa shape index (κ1) is 8.45. The van der Waals surface area contributed by atoms with Crippen molar-refractivity contribution in [2.45, 2.75) is 13.8 Å². The summed E-state index contributed by atoms with van der Waals surface area (Å²) in [5.74, 6) is 1.72. The summed E-state index contributed by atoms with van der Waals surface area (Å²) in [6, 6.07) is 7.86. The fourth-order valence-electron chi connectivity index (χ4n) is 1.35. The molecule has 1 aromatic carbocycles. The molecular weight excluding hydrogens is 180 g/mol. The van der Waals surface area contributed by atoms with Gasteiger partial charge in [0.25, 0.3) is 0 Å². The van der Waals surface area contributed by atoms with Gasteiger partial charge >= 0.3 is 0 Å². The molecule has 0 aliphatic carbocycles. The van der Waals surface area contributed by atoms with Crippen LogP contribution in [0.3, 0.4) is 0 Å². The monoisotopic (exact) mass is 190 g/mol. The Hall–Kier alpha value is -1.15. The lowest BCUT2D eigenvalue weighted by molar-refractivity contribution is 0.464. The number of hydrogen-bond acceptors (Lipinski definition) is 2. The number of thiocarbonyl (C=S) groups is 1. The predicted molar refractivity (Wildman–Crippen MR) is 57.1 cm³/mol. The van der Waals surface area contributed by atoms with E-state index >= 15 is 0 Å². The van der Waals surface area contributed by atoms with Crippen LogP contribution >= 0.6 is 12.2 Å². The average Bonchev–Trinajstić information content (AvgIpc) is 2.45. The predicted octanol–water partition coefficient (Wildman–Crippen LogP) is 3.09. The molecule has 0 saturated carbocycles. The average molecular weight is 190 g/mol. The maximum absolute atomic E-state index is 5.62. The number of allylic oxidation sites excluding steroid dienone is 2. The van der Waals surface area contributed by atoms with Crippen LogP contribution in [0.5, 0.6) is 5.75 Å². The van der Waals surface area contributed by atoms with Gasteiger partial charge in [0.15, 0.2) is 0 Å². The Bertz CT molecular complexity index is 400. The molecule has 0 radical (unpaired) electrons. The standard InChI is InChI=1S/C11H10OS/c1-7(2)10-11(13)8-5-3-4-6-9(8)12-10/h3-6H,1-2H3. The number of ether oxygens (including phenoxy) is 1. The fraction of sp³-hybridized carbons (Fsp3) is 0.182. The lowest BCUT2D eigenvalue weighted by Crippen LogP contribution is -1.98. The number of para-hydroxylation sites is 1. The van der Waals surface area contributed by atoms with E-state index in [0.29, 0.717) is 0 Å². The third-order valence-corrected chi connectivity index (χ3v) is 2.41. The topological polar surface area (TPSA) is 9.23 Å². The second-order valence-corrected chi connectivity index (χ2v) is 3.66. The van der Waals surface area contributed by atoms with Crippen molar-refractivity contribution in [2.24, 2.45) is 0 Å². The number of benzene rings is 1. The van der Waals surface area contributed by atoms with Crippen molar-refractivity contribution in [3.8, 4) is 5.75 Å². The second kappa shape index (κ2) is 2.96. The minimum Gasteiger partial charge on any atom is -0.455 e. The van der Waals surface area contributed by atoms with Gasteiger partial charge in [-0.15, -0.1) is 0 Å². The molecular formula is C11H10OS. The van der Waals surface area contributed by atoms with Gasteiger partial charge in [0.05, 0.1) is 4.86 Å². The summed E-state index contributed by atoms with van der Waals surface area (Å²) in [6.45, 7) is 4.01. The van der Waals surface area contributed by atoms with Gasteiger partial charge < -0.3 is 4.74 Å². The molecule has 0 aromatic heterocycles. The summed E-state index contributed by atoms with van der Waals surface area (Å²) >= 11 is 5.29. The van der Waals surface area contributed by atoms with Crippen molar-refractivity contribution < 1.29 is 4.74 Å². The molecule has 0 unspecified atom stereocenters. The van der Waals surface area contributed by atoms with Crippen molar-refractivity contribution in [2.75, 3.05) is 0 Å². The minimum absolute atomic E-state index is 0.829. The highest BCUT2D eigenvalue weighted by Gasteiger charge is 2.23. The van der Waals surface area contributed by atoms with Gasteiger partial charge in [-0.3, -0.25) is 0 Å². The summed E-state index contributed by atoms with van der Waals surface area (Å²) in [6.07, 6.45) is 0. The molecule has 2 rings (SSSR count). The molecule has 0 saturated heterocycles. The molecule has 1 heterocycles. The lowest BCUT2D eigenvalue weighted by atomic mass is 10.1. The highest BCUT2D eigenvalue weighted by molar-refractivity contribution is 7.81. The van der Waals surface area contributed by atoms with E-state index in [4.69, 9.17) is 17.0 Å². The zero-order valence-corrected chi connectivity index (χ0v) is 8.44. The Balaban J connectivity index is 2.57. The highest BCUT2D eigenvalue weighted by atomic mass is 32.1. The van der Waals surface area contributed by atoms with Gasteiger partial charge in [-0.25, -0.2) is 0 Å². The van der Waals surface area contributed by atoms with Crippen molar-refractivity contribution in [3.05, 3.63) is 41.2 Å². The van der Waals surface area contributed by atoms with Gasteiger partial charge in [0.1, 0.15) is 11.5 Å². The van der Waals surface area contributed by atoms with Crippen LogP contribution in [0.25, 0.3) is 0 Å². The molecule has 1 aliphatic rings. The molecule has 0 atom stereocenters. The van der Waals surface area contributed by atoms with E-state index in [1.165, 1.54) is 0 Å². The summed E-state index contributed by atoms with van der Waals surface area (Å²) in [5.41, 5.74) is 2.16. The first-order valence-electron chi connectivity index (χ1n) is 4.19. The van der Waals surface area contributed by atoms with Crippen molar-refractivity contribution in [1.29, 1.82) is 0 Å². The molecule has 0 fully saturated rings. The first-order chi connectivity index (χ1) is 6.20. The SMILES string of the molecule is CC(C)=C1Oc2ccccc2C1=S. The lowest BCUT2D eigenvalue weighted by Gasteiger charge is -1.99. The fourth-order valence-corrected chi connectivity index (χ4v) is 1.77. The second-order valence-electron chi connectivity index (χ2n) is 3.26. The molecule has 0 amide bonds. The molecule has 0 N–H and O–H groups in total. The van der Waals surface area contributed by atoms with Crippen LogP contribution in [0.1, 0.15) is 19.4 Å². The largest absolute Gasteiger partial charge is 0.455 e. The summed E-state index contributed by atoms with van der Waals surface area (Å²) in [7, 11) is 0. The zero-order valence-electron chi connectivity index (χ0n) is 7.63. The van der Waals surface area contributed by atoms with Gasteiger partial charge in [-0.05, 0) is 31.6 Å². The zero-order chi connectivity index (χ0) is 9.42. The van der Waals surface area contributed by atoms with Crippen molar-refractivity contribution in [3.63, 3.8) is 0 Å². The molecule has 1 nitrogen and oxygen atoms in total. The maximum Gasteiger partial charge on any atom is 0.144 e. The number of fused-ring (bicyclic) bond motifs is 1. The van der Waals surface area contributed by atoms with Crippen LogP contribution in [0.2, 0.25) is 0 Å². The van der Waals surface area contributed by atoms with E-state index < -0.39 is 0 Å². The van der Waals surface area contributed by atoms with Crippen LogP contribution < -0.4 is 4.74 Å². The van der Waals surface area contributed by atoms with E-state index in [9.17, 15) is 0 Å². The van der Waals surface area contributed by atoms with E-state index in [1.54, 1.807) is 0 Å². The summed E-state index contributed by atoms with van der Waals surface area (Å²) in [5, 5.41) is 0. The van der Waals surface area contributed by atoms with E-state index in [2.05, 4.69) is 0 Å². The maximum atomic E-state index is 5.62. The summed E-state index contributed by atoms with van der Waals surface area (Å²) in [4.78, 5) is 0.829. The number of rotatable bonds is 0. The minimum atomic E-state index is 0.829. The van der Waals surface area contributed by atoms with Crippen molar-refractivity contribution in [1.82, 2.24) is 0 Å². The quantitative estimate of drug-likeness (QED) is 0.459. The van der Waals surface area contributed by atoms with Gasteiger partial charge in [0, 0.05) is 5.56 Å². The van der Waals surface area contributed by atoms with Gasteiger partial charge in [-0.2, -0.15) is 0 Å². The van der Waals surface area contributed by atoms with E-state index in [0.717, 1.165) is 27.5 Å². The van der Waals surface area contributed by atoms with Crippen LogP contribution in [0.15, 0.2) is 35.6 Å². The molecule has 1 aliphatic heterocycles. The number of hydrogen-bond donors (Lipinski definition) is 0. The Morgan fingerprint density at radius 3 is 2.54 bits per heavy atom. The van der Waals surface area contributed by atoms with Crippen LogP contribution in [0, 0.1) is 0 Å². The smallest absolute Gasteiger partial charge is 0.144 e. The normalized spacial score (nSPS) is 14.0.